The highest BCUT2D eigenvalue weighted by Crippen LogP contribution is 2.27. The van der Waals surface area contributed by atoms with Crippen molar-refractivity contribution in [1.29, 1.82) is 0 Å². The average Bonchev–Trinajstić information content (AvgIpc) is 2.76. The molecule has 0 spiro atoms. The van der Waals surface area contributed by atoms with Crippen LogP contribution in [0.2, 0.25) is 0 Å². The third-order valence-electron chi connectivity index (χ3n) is 3.46. The summed E-state index contributed by atoms with van der Waals surface area (Å²) >= 11 is 0. The molecular weight excluding hydrogens is 252 g/mol. The molecule has 20 heavy (non-hydrogen) atoms. The number of rotatable bonds is 4. The molecule has 2 amide bonds. The van der Waals surface area contributed by atoms with Crippen LogP contribution < -0.4 is 10.2 Å². The number of hydrogen-bond acceptors (Lipinski definition) is 2. The molecule has 4 nitrogen and oxygen atoms in total. The Balaban J connectivity index is 2.14. The molecule has 1 fully saturated rings. The zero-order valence-corrected chi connectivity index (χ0v) is 12.0. The van der Waals surface area contributed by atoms with Crippen LogP contribution >= 0.6 is 0 Å². The summed E-state index contributed by atoms with van der Waals surface area (Å²) in [6.07, 6.45) is 2.17. The molecule has 0 aliphatic carbocycles. The first-order chi connectivity index (χ1) is 9.52. The van der Waals surface area contributed by atoms with Crippen LogP contribution in [-0.4, -0.2) is 24.9 Å². The Morgan fingerprint density at radius 3 is 2.65 bits per heavy atom. The van der Waals surface area contributed by atoms with Gasteiger partial charge in [0, 0.05) is 18.8 Å². The van der Waals surface area contributed by atoms with Crippen molar-refractivity contribution in [3.8, 4) is 0 Å². The third kappa shape index (κ3) is 2.90. The zero-order chi connectivity index (χ0) is 14.7. The Morgan fingerprint density at radius 1 is 1.40 bits per heavy atom. The predicted octanol–water partition coefficient (Wildman–Crippen LogP) is 1.96. The van der Waals surface area contributed by atoms with Crippen molar-refractivity contribution in [2.45, 2.75) is 20.3 Å². The fraction of sp³-hybridized carbons (Fsp3) is 0.375. The Kier molecular flexibility index (Phi) is 4.23. The quantitative estimate of drug-likeness (QED) is 0.673. The molecule has 1 heterocycles. The Hall–Kier alpha value is -2.10. The van der Waals surface area contributed by atoms with E-state index in [0.717, 1.165) is 16.8 Å². The topological polar surface area (TPSA) is 49.4 Å². The summed E-state index contributed by atoms with van der Waals surface area (Å²) in [6.45, 7) is 8.55. The lowest BCUT2D eigenvalue weighted by atomic mass is 10.1. The molecule has 1 unspecified atom stereocenters. The van der Waals surface area contributed by atoms with Crippen molar-refractivity contribution in [2.24, 2.45) is 5.92 Å². The van der Waals surface area contributed by atoms with Crippen molar-refractivity contribution >= 4 is 17.5 Å². The SMILES string of the molecule is C=CCNC(=O)C1CCN(c2cc(C)cc(C)c2)C1=O. The van der Waals surface area contributed by atoms with Gasteiger partial charge < -0.3 is 10.2 Å². The first kappa shape index (κ1) is 14.3. The smallest absolute Gasteiger partial charge is 0.239 e. The number of anilines is 1. The van der Waals surface area contributed by atoms with Crippen molar-refractivity contribution in [3.05, 3.63) is 42.0 Å². The molecule has 1 saturated heterocycles. The largest absolute Gasteiger partial charge is 0.352 e. The van der Waals surface area contributed by atoms with Gasteiger partial charge in [0.15, 0.2) is 0 Å². The molecule has 1 aromatic rings. The van der Waals surface area contributed by atoms with Crippen LogP contribution in [-0.2, 0) is 9.59 Å². The van der Waals surface area contributed by atoms with Crippen molar-refractivity contribution in [3.63, 3.8) is 0 Å². The zero-order valence-electron chi connectivity index (χ0n) is 12.0. The molecule has 1 aliphatic rings. The molecule has 2 rings (SSSR count). The Bertz CT molecular complexity index is 531. The van der Waals surface area contributed by atoms with Crippen LogP contribution in [0.3, 0.4) is 0 Å². The van der Waals surface area contributed by atoms with E-state index < -0.39 is 5.92 Å². The van der Waals surface area contributed by atoms with Gasteiger partial charge in [-0.25, -0.2) is 0 Å². The van der Waals surface area contributed by atoms with Crippen LogP contribution in [0.1, 0.15) is 17.5 Å². The summed E-state index contributed by atoms with van der Waals surface area (Å²) in [7, 11) is 0. The van der Waals surface area contributed by atoms with Crippen LogP contribution in [0.4, 0.5) is 5.69 Å². The van der Waals surface area contributed by atoms with Gasteiger partial charge in [0.2, 0.25) is 11.8 Å². The maximum absolute atomic E-state index is 12.4. The van der Waals surface area contributed by atoms with Crippen LogP contribution in [0.15, 0.2) is 30.9 Å². The minimum atomic E-state index is -0.573. The van der Waals surface area contributed by atoms with E-state index in [4.69, 9.17) is 0 Å². The van der Waals surface area contributed by atoms with E-state index in [-0.39, 0.29) is 11.8 Å². The number of hydrogen-bond donors (Lipinski definition) is 1. The minimum absolute atomic E-state index is 0.114. The fourth-order valence-electron chi connectivity index (χ4n) is 2.58. The predicted molar refractivity (Wildman–Crippen MR) is 79.6 cm³/mol. The summed E-state index contributed by atoms with van der Waals surface area (Å²) in [5.41, 5.74) is 3.12. The maximum Gasteiger partial charge on any atom is 0.239 e. The number of nitrogens with one attached hydrogen (secondary N) is 1. The van der Waals surface area contributed by atoms with Gasteiger partial charge in [-0.15, -0.1) is 6.58 Å². The number of carbonyl (C=O) groups is 2. The fourth-order valence-corrected chi connectivity index (χ4v) is 2.58. The second-order valence-electron chi connectivity index (χ2n) is 5.21. The second kappa shape index (κ2) is 5.90. The maximum atomic E-state index is 12.4. The van der Waals surface area contributed by atoms with Crippen molar-refractivity contribution in [1.82, 2.24) is 5.32 Å². The van der Waals surface area contributed by atoms with Gasteiger partial charge in [-0.3, -0.25) is 9.59 Å². The van der Waals surface area contributed by atoms with Crippen molar-refractivity contribution < 1.29 is 9.59 Å². The van der Waals surface area contributed by atoms with Gasteiger partial charge in [-0.2, -0.15) is 0 Å². The molecule has 1 aliphatic heterocycles. The standard InChI is InChI=1S/C16H20N2O2/c1-4-6-17-15(19)14-5-7-18(16(14)20)13-9-11(2)8-12(3)10-13/h4,8-10,14H,1,5-7H2,2-3H3,(H,17,19). The lowest BCUT2D eigenvalue weighted by Crippen LogP contribution is -2.36. The summed E-state index contributed by atoms with van der Waals surface area (Å²) in [4.78, 5) is 26.0. The average molecular weight is 272 g/mol. The molecule has 1 N–H and O–H groups in total. The summed E-state index contributed by atoms with van der Waals surface area (Å²) in [5.74, 6) is -0.894. The first-order valence-corrected chi connectivity index (χ1v) is 6.81. The minimum Gasteiger partial charge on any atom is -0.352 e. The number of benzene rings is 1. The van der Waals surface area contributed by atoms with Crippen LogP contribution in [0, 0.1) is 19.8 Å². The number of amides is 2. The van der Waals surface area contributed by atoms with Gasteiger partial charge in [-0.05, 0) is 43.5 Å². The second-order valence-corrected chi connectivity index (χ2v) is 5.21. The van der Waals surface area contributed by atoms with Gasteiger partial charge in [0.05, 0.1) is 0 Å². The molecule has 0 saturated carbocycles. The van der Waals surface area contributed by atoms with Gasteiger partial charge in [0.25, 0.3) is 0 Å². The van der Waals surface area contributed by atoms with E-state index >= 15 is 0 Å². The number of aryl methyl sites for hydroxylation is 2. The summed E-state index contributed by atoms with van der Waals surface area (Å²) < 4.78 is 0. The van der Waals surface area contributed by atoms with Crippen LogP contribution in [0.5, 0.6) is 0 Å². The molecule has 1 atom stereocenters. The van der Waals surface area contributed by atoms with Gasteiger partial charge >= 0.3 is 0 Å². The number of nitrogens with zero attached hydrogens (tertiary/aromatic N) is 1. The molecule has 0 bridgehead atoms. The summed E-state index contributed by atoms with van der Waals surface area (Å²) in [5, 5.41) is 2.69. The lowest BCUT2D eigenvalue weighted by molar-refractivity contribution is -0.131. The van der Waals surface area contributed by atoms with E-state index in [1.165, 1.54) is 0 Å². The number of carbonyl (C=O) groups excluding carboxylic acids is 2. The molecule has 1 aromatic carbocycles. The third-order valence-corrected chi connectivity index (χ3v) is 3.46. The first-order valence-electron chi connectivity index (χ1n) is 6.81. The lowest BCUT2D eigenvalue weighted by Gasteiger charge is -2.18. The monoisotopic (exact) mass is 272 g/mol. The summed E-state index contributed by atoms with van der Waals surface area (Å²) in [6, 6.07) is 6.03. The molecule has 0 aromatic heterocycles. The van der Waals surface area contributed by atoms with E-state index in [1.54, 1.807) is 11.0 Å². The Labute approximate surface area is 119 Å². The highest BCUT2D eigenvalue weighted by atomic mass is 16.2. The highest BCUT2D eigenvalue weighted by molar-refractivity contribution is 6.09. The van der Waals surface area contributed by atoms with E-state index in [2.05, 4.69) is 18.0 Å². The van der Waals surface area contributed by atoms with Crippen LogP contribution in [0.25, 0.3) is 0 Å². The van der Waals surface area contributed by atoms with Gasteiger partial charge in [0.1, 0.15) is 5.92 Å². The van der Waals surface area contributed by atoms with E-state index in [9.17, 15) is 9.59 Å². The molecule has 0 radical (unpaired) electrons. The van der Waals surface area contributed by atoms with Gasteiger partial charge in [-0.1, -0.05) is 12.1 Å². The molecular formula is C16H20N2O2. The van der Waals surface area contributed by atoms with E-state index in [0.29, 0.717) is 19.5 Å². The highest BCUT2D eigenvalue weighted by Gasteiger charge is 2.37. The molecule has 106 valence electrons. The van der Waals surface area contributed by atoms with Crippen molar-refractivity contribution in [2.75, 3.05) is 18.0 Å². The Morgan fingerprint density at radius 2 is 2.05 bits per heavy atom. The normalized spacial score (nSPS) is 18.2. The molecule has 4 heteroatoms. The van der Waals surface area contributed by atoms with E-state index in [1.807, 2.05) is 26.0 Å².